The van der Waals surface area contributed by atoms with Gasteiger partial charge in [0.05, 0.1) is 53.6 Å². The maximum absolute atomic E-state index is 11.9. The van der Waals surface area contributed by atoms with Gasteiger partial charge in [0.2, 0.25) is 11.8 Å². The van der Waals surface area contributed by atoms with Crippen molar-refractivity contribution in [3.8, 4) is 23.0 Å². The predicted octanol–water partition coefficient (Wildman–Crippen LogP) is 4.47. The minimum absolute atomic E-state index is 0. The smallest absolute Gasteiger partial charge is 0.247 e. The van der Waals surface area contributed by atoms with E-state index in [2.05, 4.69) is 24.5 Å². The van der Waals surface area contributed by atoms with E-state index in [1.54, 1.807) is 40.6 Å². The summed E-state index contributed by atoms with van der Waals surface area (Å²) in [6, 6.07) is 10.6. The van der Waals surface area contributed by atoms with Crippen molar-refractivity contribution < 1.29 is 38.1 Å². The number of rotatable bonds is 9. The molecular weight excluding hydrogens is 552 g/mol. The number of ketones is 1. The maximum atomic E-state index is 11.9. The second-order valence-electron chi connectivity index (χ2n) is 9.85. The van der Waals surface area contributed by atoms with E-state index in [0.717, 1.165) is 16.9 Å². The van der Waals surface area contributed by atoms with E-state index in [1.165, 1.54) is 6.08 Å². The highest BCUT2D eigenvalue weighted by molar-refractivity contribution is 6.00. The topological polar surface area (TPSA) is 121 Å². The molecule has 2 heterocycles. The summed E-state index contributed by atoms with van der Waals surface area (Å²) in [5, 5.41) is 5.74. The van der Waals surface area contributed by atoms with Crippen LogP contribution in [0.1, 0.15) is 56.3 Å². The predicted molar refractivity (Wildman–Crippen MR) is 156 cm³/mol. The molecule has 10 nitrogen and oxygen atoms in total. The Balaban J connectivity index is 0.000000285. The number of hydrogen-bond acceptors (Lipinski definition) is 8. The van der Waals surface area contributed by atoms with Crippen molar-refractivity contribution in [1.82, 2.24) is 10.6 Å². The molecule has 0 aromatic heterocycles. The Hall–Kier alpha value is -3.92. The molecule has 2 atom stereocenters. The number of benzene rings is 2. The molecule has 2 N–H and O–H groups in total. The minimum Gasteiger partial charge on any atom is -0.497 e. The standard InChI is InChI=1S/C17H23NO4.C13H15NO4.ClH/c1-11(2)10-22-13-8-14(18-17(19)9-13)12-5-6-15(20-3)16(7-12)21-4;1-17-11-4-3-8(5-12(11)18-2)10-6-9(15)7-13(16)14-10;/h5-7,9,11,14H,8,10H2,1-4H3,(H,18,19);3-5,10H,6-7H2,1-2H3,(H,14,16);1H. The molecule has 2 aliphatic heterocycles. The Kier molecular flexibility index (Phi) is 12.8. The highest BCUT2D eigenvalue weighted by Crippen LogP contribution is 2.34. The Morgan fingerprint density at radius 3 is 1.73 bits per heavy atom. The summed E-state index contributed by atoms with van der Waals surface area (Å²) in [4.78, 5) is 34.6. The number of halogens is 1. The van der Waals surface area contributed by atoms with Gasteiger partial charge in [0.25, 0.3) is 0 Å². The van der Waals surface area contributed by atoms with Gasteiger partial charge in [0.1, 0.15) is 11.5 Å². The van der Waals surface area contributed by atoms with E-state index in [0.29, 0.717) is 48.4 Å². The Morgan fingerprint density at radius 1 is 0.756 bits per heavy atom. The van der Waals surface area contributed by atoms with Gasteiger partial charge >= 0.3 is 0 Å². The van der Waals surface area contributed by atoms with Crippen LogP contribution >= 0.6 is 12.4 Å². The van der Waals surface area contributed by atoms with Gasteiger partial charge in [-0.05, 0) is 41.3 Å². The molecule has 0 aliphatic carbocycles. The molecule has 0 spiro atoms. The van der Waals surface area contributed by atoms with Crippen molar-refractivity contribution in [2.75, 3.05) is 35.0 Å². The zero-order valence-electron chi connectivity index (χ0n) is 24.3. The first-order valence-electron chi connectivity index (χ1n) is 13.1. The molecule has 1 fully saturated rings. The van der Waals surface area contributed by atoms with Crippen LogP contribution in [0.15, 0.2) is 48.2 Å². The number of Topliss-reactive ketones (excluding diaryl/α,β-unsaturated/α-hetero) is 1. The van der Waals surface area contributed by atoms with Crippen molar-refractivity contribution in [3.63, 3.8) is 0 Å². The summed E-state index contributed by atoms with van der Waals surface area (Å²) in [6.07, 6.45) is 2.46. The molecule has 4 rings (SSSR count). The first kappa shape index (κ1) is 33.3. The average molecular weight is 591 g/mol. The quantitative estimate of drug-likeness (QED) is 0.410. The number of carbonyl (C=O) groups excluding carboxylic acids is 3. The Labute approximate surface area is 247 Å². The van der Waals surface area contributed by atoms with Crippen molar-refractivity contribution in [1.29, 1.82) is 0 Å². The number of ether oxygens (including phenoxy) is 5. The van der Waals surface area contributed by atoms with E-state index >= 15 is 0 Å². The summed E-state index contributed by atoms with van der Waals surface area (Å²) in [5.74, 6) is 3.25. The highest BCUT2D eigenvalue weighted by atomic mass is 35.5. The second-order valence-corrected chi connectivity index (χ2v) is 9.85. The highest BCUT2D eigenvalue weighted by Gasteiger charge is 2.26. The molecule has 2 aromatic carbocycles. The van der Waals surface area contributed by atoms with Crippen LogP contribution in [0.25, 0.3) is 0 Å². The average Bonchev–Trinajstić information content (AvgIpc) is 2.94. The summed E-state index contributed by atoms with van der Waals surface area (Å²) < 4.78 is 26.6. The maximum Gasteiger partial charge on any atom is 0.247 e. The number of hydrogen-bond donors (Lipinski definition) is 2. The molecule has 2 unspecified atom stereocenters. The van der Waals surface area contributed by atoms with E-state index in [4.69, 9.17) is 23.7 Å². The van der Waals surface area contributed by atoms with Gasteiger partial charge in [-0.3, -0.25) is 14.4 Å². The van der Waals surface area contributed by atoms with Crippen LogP contribution in [0.3, 0.4) is 0 Å². The number of piperidine rings is 1. The van der Waals surface area contributed by atoms with Crippen LogP contribution in [-0.2, 0) is 19.1 Å². The van der Waals surface area contributed by atoms with Gasteiger partial charge < -0.3 is 34.3 Å². The number of nitrogens with one attached hydrogen (secondary N) is 2. The molecule has 11 heteroatoms. The fourth-order valence-electron chi connectivity index (χ4n) is 4.36. The van der Waals surface area contributed by atoms with E-state index < -0.39 is 0 Å². The molecule has 2 aliphatic rings. The van der Waals surface area contributed by atoms with Crippen LogP contribution in [0.2, 0.25) is 0 Å². The van der Waals surface area contributed by atoms with Crippen LogP contribution in [0.4, 0.5) is 0 Å². The van der Waals surface area contributed by atoms with Crippen LogP contribution in [0.5, 0.6) is 23.0 Å². The molecule has 0 bridgehead atoms. The van der Waals surface area contributed by atoms with Gasteiger partial charge in [-0.1, -0.05) is 26.0 Å². The first-order chi connectivity index (χ1) is 19.2. The number of methoxy groups -OCH3 is 4. The van der Waals surface area contributed by atoms with Gasteiger partial charge in [0, 0.05) is 18.9 Å². The van der Waals surface area contributed by atoms with Crippen molar-refractivity contribution in [2.45, 2.75) is 45.2 Å². The molecule has 0 radical (unpaired) electrons. The van der Waals surface area contributed by atoms with Crippen LogP contribution in [-0.4, -0.2) is 52.6 Å². The third-order valence-electron chi connectivity index (χ3n) is 6.36. The third kappa shape index (κ3) is 9.31. The zero-order valence-corrected chi connectivity index (χ0v) is 25.1. The molecule has 1 saturated heterocycles. The summed E-state index contributed by atoms with van der Waals surface area (Å²) in [6.45, 7) is 4.77. The second kappa shape index (κ2) is 15.8. The fourth-order valence-corrected chi connectivity index (χ4v) is 4.36. The lowest BCUT2D eigenvalue weighted by molar-refractivity contribution is -0.132. The lowest BCUT2D eigenvalue weighted by Gasteiger charge is -2.25. The van der Waals surface area contributed by atoms with E-state index in [9.17, 15) is 14.4 Å². The van der Waals surface area contributed by atoms with Gasteiger partial charge in [-0.2, -0.15) is 0 Å². The molecule has 0 saturated carbocycles. The summed E-state index contributed by atoms with van der Waals surface area (Å²) in [5.41, 5.74) is 1.80. The lowest BCUT2D eigenvalue weighted by atomic mass is 9.96. The van der Waals surface area contributed by atoms with E-state index in [-0.39, 0.29) is 48.5 Å². The number of carbonyl (C=O) groups is 3. The fraction of sp³-hybridized carbons (Fsp3) is 0.433. The Morgan fingerprint density at radius 2 is 1.27 bits per heavy atom. The molecular formula is C30H39ClN2O8. The molecule has 224 valence electrons. The van der Waals surface area contributed by atoms with Crippen molar-refractivity contribution in [3.05, 3.63) is 59.4 Å². The molecule has 41 heavy (non-hydrogen) atoms. The minimum atomic E-state index is -0.279. The van der Waals surface area contributed by atoms with E-state index in [1.807, 2.05) is 24.3 Å². The zero-order chi connectivity index (χ0) is 29.2. The van der Waals surface area contributed by atoms with Crippen LogP contribution < -0.4 is 29.6 Å². The molecule has 2 aromatic rings. The monoisotopic (exact) mass is 590 g/mol. The molecule has 2 amide bonds. The third-order valence-corrected chi connectivity index (χ3v) is 6.36. The lowest BCUT2D eigenvalue weighted by Crippen LogP contribution is -2.36. The van der Waals surface area contributed by atoms with Crippen molar-refractivity contribution in [2.24, 2.45) is 5.92 Å². The summed E-state index contributed by atoms with van der Waals surface area (Å²) in [7, 11) is 6.30. The normalized spacial score (nSPS) is 18.0. The van der Waals surface area contributed by atoms with Gasteiger partial charge in [0.15, 0.2) is 23.0 Å². The first-order valence-corrected chi connectivity index (χ1v) is 13.1. The van der Waals surface area contributed by atoms with Gasteiger partial charge in [-0.25, -0.2) is 0 Å². The van der Waals surface area contributed by atoms with Crippen molar-refractivity contribution >= 4 is 30.0 Å². The summed E-state index contributed by atoms with van der Waals surface area (Å²) >= 11 is 0. The Bertz CT molecular complexity index is 1230. The largest absolute Gasteiger partial charge is 0.497 e. The van der Waals surface area contributed by atoms with Gasteiger partial charge in [-0.15, -0.1) is 12.4 Å². The van der Waals surface area contributed by atoms with Crippen LogP contribution in [0, 0.1) is 5.92 Å². The number of amides is 2. The SMILES string of the molecule is COc1ccc(C2CC(=O)CC(=O)N2)cc1OC.COc1ccc(C2CC(OCC(C)C)=CC(=O)N2)cc1OC.Cl.